The van der Waals surface area contributed by atoms with Crippen LogP contribution in [-0.2, 0) is 4.79 Å². The van der Waals surface area contributed by atoms with Crippen LogP contribution in [0.4, 0.5) is 0 Å². The van der Waals surface area contributed by atoms with E-state index in [9.17, 15) is 13.9 Å². The van der Waals surface area contributed by atoms with Crippen molar-refractivity contribution in [3.63, 3.8) is 0 Å². The molecule has 0 aliphatic carbocycles. The van der Waals surface area contributed by atoms with Crippen molar-refractivity contribution in [1.29, 1.82) is 0 Å². The lowest BCUT2D eigenvalue weighted by atomic mass is 10.2. The topological polar surface area (TPSA) is 87.0 Å². The fraction of sp³-hybridized carbons (Fsp3) is 0.100. The number of rotatable bonds is 3. The van der Waals surface area contributed by atoms with Gasteiger partial charge in [0.1, 0.15) is 10.6 Å². The molecule has 3 N–H and O–H groups in total. The normalized spacial score (nSPS) is 17.9. The number of benzene rings is 1. The molecule has 0 saturated carbocycles. The van der Waals surface area contributed by atoms with Crippen molar-refractivity contribution in [3.8, 4) is 5.75 Å². The Balaban J connectivity index is 2.35. The molecule has 0 unspecified atom stereocenters. The number of hydrogen-bond donors (Lipinski definition) is 3. The SMILES string of the molecule is O=C(O)COc1cccc2c1S(O)(O)C=C2. The van der Waals surface area contributed by atoms with E-state index in [1.54, 1.807) is 18.2 Å². The Kier molecular flexibility index (Phi) is 2.63. The second kappa shape index (κ2) is 3.82. The summed E-state index contributed by atoms with van der Waals surface area (Å²) in [5.41, 5.74) is 0.642. The maximum absolute atomic E-state index is 10.4. The van der Waals surface area contributed by atoms with E-state index in [2.05, 4.69) is 0 Å². The summed E-state index contributed by atoms with van der Waals surface area (Å²) in [6, 6.07) is 4.89. The molecule has 1 aromatic carbocycles. The third kappa shape index (κ3) is 1.90. The average molecular weight is 242 g/mol. The molecule has 1 heterocycles. The summed E-state index contributed by atoms with van der Waals surface area (Å²) in [6.07, 6.45) is 1.58. The molecule has 0 bridgehead atoms. The minimum atomic E-state index is -2.98. The van der Waals surface area contributed by atoms with Gasteiger partial charge in [-0.1, -0.05) is 12.1 Å². The largest absolute Gasteiger partial charge is 0.480 e. The Labute approximate surface area is 93.3 Å². The zero-order valence-electron chi connectivity index (χ0n) is 8.16. The van der Waals surface area contributed by atoms with E-state index in [1.165, 1.54) is 11.5 Å². The first-order valence-electron chi connectivity index (χ1n) is 4.45. The molecule has 6 heteroatoms. The van der Waals surface area contributed by atoms with Gasteiger partial charge >= 0.3 is 5.97 Å². The number of carbonyl (C=O) groups is 1. The second-order valence-corrected chi connectivity index (χ2v) is 5.12. The van der Waals surface area contributed by atoms with E-state index in [0.29, 0.717) is 5.56 Å². The second-order valence-electron chi connectivity index (χ2n) is 3.25. The van der Waals surface area contributed by atoms with Crippen LogP contribution in [0, 0.1) is 0 Å². The molecule has 0 aromatic heterocycles. The first-order chi connectivity index (χ1) is 7.50. The Morgan fingerprint density at radius 1 is 1.38 bits per heavy atom. The summed E-state index contributed by atoms with van der Waals surface area (Å²) >= 11 is 0. The molecule has 1 aromatic rings. The summed E-state index contributed by atoms with van der Waals surface area (Å²) in [4.78, 5) is 10.6. The van der Waals surface area contributed by atoms with E-state index in [1.807, 2.05) is 0 Å². The Bertz CT molecular complexity index is 466. The van der Waals surface area contributed by atoms with E-state index in [-0.39, 0.29) is 10.6 Å². The summed E-state index contributed by atoms with van der Waals surface area (Å²) in [6.45, 7) is -0.508. The zero-order chi connectivity index (χ0) is 11.8. The molecule has 0 fully saturated rings. The van der Waals surface area contributed by atoms with Crippen LogP contribution in [0.2, 0.25) is 0 Å². The van der Waals surface area contributed by atoms with Gasteiger partial charge in [0, 0.05) is 11.0 Å². The molecule has 16 heavy (non-hydrogen) atoms. The Hall–Kier alpha value is -1.50. The molecule has 86 valence electrons. The quantitative estimate of drug-likeness (QED) is 0.756. The van der Waals surface area contributed by atoms with Gasteiger partial charge < -0.3 is 9.84 Å². The first kappa shape index (κ1) is 11.0. The highest BCUT2D eigenvalue weighted by Gasteiger charge is 2.26. The molecule has 2 rings (SSSR count). The van der Waals surface area contributed by atoms with Crippen LogP contribution in [0.5, 0.6) is 5.75 Å². The van der Waals surface area contributed by atoms with Gasteiger partial charge in [0.2, 0.25) is 0 Å². The lowest BCUT2D eigenvalue weighted by Crippen LogP contribution is -2.10. The van der Waals surface area contributed by atoms with E-state index in [4.69, 9.17) is 9.84 Å². The van der Waals surface area contributed by atoms with Gasteiger partial charge in [0.05, 0.1) is 0 Å². The molecular weight excluding hydrogens is 232 g/mol. The monoisotopic (exact) mass is 242 g/mol. The molecule has 1 aliphatic heterocycles. The fourth-order valence-electron chi connectivity index (χ4n) is 1.47. The van der Waals surface area contributed by atoms with Crippen molar-refractivity contribution >= 4 is 22.6 Å². The summed E-state index contributed by atoms with van der Waals surface area (Å²) in [7, 11) is -2.98. The van der Waals surface area contributed by atoms with Crippen molar-refractivity contribution in [1.82, 2.24) is 0 Å². The lowest BCUT2D eigenvalue weighted by molar-refractivity contribution is -0.139. The molecule has 5 nitrogen and oxygen atoms in total. The molecule has 0 radical (unpaired) electrons. The number of ether oxygens (including phenoxy) is 1. The first-order valence-corrected chi connectivity index (χ1v) is 6.06. The molecule has 0 atom stereocenters. The van der Waals surface area contributed by atoms with Gasteiger partial charge in [-0.25, -0.2) is 4.79 Å². The van der Waals surface area contributed by atoms with Gasteiger partial charge in [0.15, 0.2) is 6.61 Å². The summed E-state index contributed by atoms with van der Waals surface area (Å²) in [5, 5.41) is 9.79. The van der Waals surface area contributed by atoms with Crippen LogP contribution in [-0.4, -0.2) is 26.8 Å². The highest BCUT2D eigenvalue weighted by molar-refractivity contribution is 8.27. The van der Waals surface area contributed by atoms with Crippen LogP contribution in [0.25, 0.3) is 6.08 Å². The molecule has 0 spiro atoms. The Morgan fingerprint density at radius 2 is 2.12 bits per heavy atom. The summed E-state index contributed by atoms with van der Waals surface area (Å²) < 4.78 is 24.4. The fourth-order valence-corrected chi connectivity index (χ4v) is 2.85. The number of carboxylic acids is 1. The van der Waals surface area contributed by atoms with Crippen LogP contribution in [0.1, 0.15) is 5.56 Å². The van der Waals surface area contributed by atoms with Crippen LogP contribution < -0.4 is 4.74 Å². The number of hydrogen-bond acceptors (Lipinski definition) is 4. The highest BCUT2D eigenvalue weighted by Crippen LogP contribution is 2.59. The van der Waals surface area contributed by atoms with Gasteiger partial charge in [0.25, 0.3) is 0 Å². The average Bonchev–Trinajstić information content (AvgIpc) is 2.53. The third-order valence-corrected chi connectivity index (χ3v) is 3.65. The van der Waals surface area contributed by atoms with Gasteiger partial charge in [-0.3, -0.25) is 9.11 Å². The minimum absolute atomic E-state index is 0.199. The lowest BCUT2D eigenvalue weighted by Gasteiger charge is -2.27. The van der Waals surface area contributed by atoms with Crippen molar-refractivity contribution in [2.45, 2.75) is 4.90 Å². The van der Waals surface area contributed by atoms with Crippen molar-refractivity contribution in [2.24, 2.45) is 0 Å². The number of aliphatic carboxylic acids is 1. The van der Waals surface area contributed by atoms with Gasteiger partial charge in [-0.15, -0.1) is 10.6 Å². The molecule has 0 amide bonds. The smallest absolute Gasteiger partial charge is 0.341 e. The van der Waals surface area contributed by atoms with Gasteiger partial charge in [-0.2, -0.15) is 0 Å². The highest BCUT2D eigenvalue weighted by atomic mass is 32.3. The van der Waals surface area contributed by atoms with Crippen LogP contribution in [0.15, 0.2) is 28.5 Å². The predicted octanol–water partition coefficient (Wildman–Crippen LogP) is 2.24. The van der Waals surface area contributed by atoms with Crippen LogP contribution >= 0.6 is 10.6 Å². The minimum Gasteiger partial charge on any atom is -0.480 e. The van der Waals surface area contributed by atoms with Crippen LogP contribution in [0.3, 0.4) is 0 Å². The predicted molar refractivity (Wildman–Crippen MR) is 59.7 cm³/mol. The molecular formula is C10H10O5S. The van der Waals surface area contributed by atoms with E-state index in [0.717, 1.165) is 0 Å². The Morgan fingerprint density at radius 3 is 2.81 bits per heavy atom. The van der Waals surface area contributed by atoms with E-state index >= 15 is 0 Å². The summed E-state index contributed by atoms with van der Waals surface area (Å²) in [5.74, 6) is -0.912. The number of fused-ring (bicyclic) bond motifs is 1. The maximum atomic E-state index is 10.4. The van der Waals surface area contributed by atoms with Crippen molar-refractivity contribution in [2.75, 3.05) is 6.61 Å². The number of carboxylic acid groups (broad SMARTS) is 1. The van der Waals surface area contributed by atoms with Crippen molar-refractivity contribution in [3.05, 3.63) is 29.2 Å². The van der Waals surface area contributed by atoms with Crippen molar-refractivity contribution < 1.29 is 23.7 Å². The van der Waals surface area contributed by atoms with Gasteiger partial charge in [-0.05, 0) is 12.1 Å². The molecule has 1 aliphatic rings. The third-order valence-electron chi connectivity index (χ3n) is 2.10. The molecule has 0 saturated heterocycles. The zero-order valence-corrected chi connectivity index (χ0v) is 8.98. The maximum Gasteiger partial charge on any atom is 0.341 e. The van der Waals surface area contributed by atoms with E-state index < -0.39 is 23.2 Å². The standard InChI is InChI=1S/C10H10O5S/c11-9(12)6-15-8-3-1-2-7-4-5-16(13,14)10(7)8/h1-5,13-14H,6H2,(H,11,12).